The maximum atomic E-state index is 12.8. The number of nitrogens with one attached hydrogen (secondary N) is 2. The second kappa shape index (κ2) is 9.17. The molecule has 0 radical (unpaired) electrons. The second-order valence-electron chi connectivity index (χ2n) is 6.92. The topological polar surface area (TPSA) is 123 Å². The van der Waals surface area contributed by atoms with Crippen molar-refractivity contribution < 1.29 is 19.1 Å². The van der Waals surface area contributed by atoms with E-state index in [2.05, 4.69) is 25.6 Å². The summed E-state index contributed by atoms with van der Waals surface area (Å²) in [5.74, 6) is -1.82. The van der Waals surface area contributed by atoms with Crippen molar-refractivity contribution in [2.45, 2.75) is 13.0 Å². The zero-order valence-electron chi connectivity index (χ0n) is 17.1. The number of carbonyl (C=O) groups excluding carboxylic acids is 3. The molecule has 9 heteroatoms. The molecule has 4 aromatic rings. The Kier molecular flexibility index (Phi) is 5.98. The van der Waals surface area contributed by atoms with Gasteiger partial charge in [-0.05, 0) is 19.1 Å². The normalized spacial score (nSPS) is 11.7. The van der Waals surface area contributed by atoms with Crippen LogP contribution in [-0.2, 0) is 14.3 Å². The van der Waals surface area contributed by atoms with Crippen LogP contribution in [0.4, 0.5) is 5.69 Å². The number of nitrogens with zero attached hydrogens (tertiary/aromatic N) is 3. The van der Waals surface area contributed by atoms with E-state index < -0.39 is 30.4 Å². The van der Waals surface area contributed by atoms with Crippen LogP contribution in [-0.4, -0.2) is 45.4 Å². The van der Waals surface area contributed by atoms with Crippen molar-refractivity contribution in [2.24, 2.45) is 0 Å². The highest BCUT2D eigenvalue weighted by molar-refractivity contribution is 6.13. The molecule has 0 aliphatic heterocycles. The molecule has 32 heavy (non-hydrogen) atoms. The Labute approximate surface area is 182 Å². The van der Waals surface area contributed by atoms with Gasteiger partial charge in [-0.3, -0.25) is 19.4 Å². The standard InChI is InChI=1S/C23H19N5O4/c1-14(32-20(29)13-26-23(31)19-12-24-10-11-25-19)22(30)28-21-15-6-2-4-8-17(15)27-18-9-5-3-7-16(18)21/h2-12,14H,13H2,1H3,(H,26,31)(H,27,28,30)/t14-/m0/s1. The number of para-hydroxylation sites is 2. The molecule has 2 N–H and O–H groups in total. The molecule has 0 saturated carbocycles. The summed E-state index contributed by atoms with van der Waals surface area (Å²) >= 11 is 0. The van der Waals surface area contributed by atoms with E-state index in [-0.39, 0.29) is 5.69 Å². The van der Waals surface area contributed by atoms with Gasteiger partial charge in [-0.15, -0.1) is 0 Å². The van der Waals surface area contributed by atoms with Crippen molar-refractivity contribution in [2.75, 3.05) is 11.9 Å². The Morgan fingerprint density at radius 1 is 0.969 bits per heavy atom. The first-order valence-corrected chi connectivity index (χ1v) is 9.85. The van der Waals surface area contributed by atoms with Crippen LogP contribution in [0.2, 0.25) is 0 Å². The highest BCUT2D eigenvalue weighted by Crippen LogP contribution is 2.30. The van der Waals surface area contributed by atoms with Crippen LogP contribution < -0.4 is 10.6 Å². The smallest absolute Gasteiger partial charge is 0.326 e. The molecule has 2 aromatic heterocycles. The van der Waals surface area contributed by atoms with Gasteiger partial charge in [0, 0.05) is 23.2 Å². The van der Waals surface area contributed by atoms with Gasteiger partial charge in [0.25, 0.3) is 11.8 Å². The predicted octanol–water partition coefficient (Wildman–Crippen LogP) is 2.48. The van der Waals surface area contributed by atoms with E-state index in [1.165, 1.54) is 25.5 Å². The van der Waals surface area contributed by atoms with Gasteiger partial charge in [0.05, 0.1) is 22.9 Å². The lowest BCUT2D eigenvalue weighted by molar-refractivity contribution is -0.152. The average Bonchev–Trinajstić information content (AvgIpc) is 2.82. The third kappa shape index (κ3) is 4.51. The molecule has 0 aliphatic carbocycles. The molecule has 1 atom stereocenters. The van der Waals surface area contributed by atoms with Gasteiger partial charge in [0.15, 0.2) is 6.10 Å². The SMILES string of the molecule is C[C@H](OC(=O)CNC(=O)c1cnccn1)C(=O)Nc1c2ccccc2nc2ccccc12. The van der Waals surface area contributed by atoms with E-state index in [4.69, 9.17) is 4.74 Å². The van der Waals surface area contributed by atoms with E-state index in [9.17, 15) is 14.4 Å². The molecule has 160 valence electrons. The summed E-state index contributed by atoms with van der Waals surface area (Å²) in [7, 11) is 0. The lowest BCUT2D eigenvalue weighted by atomic mass is 10.1. The summed E-state index contributed by atoms with van der Waals surface area (Å²) in [5, 5.41) is 6.79. The summed E-state index contributed by atoms with van der Waals surface area (Å²) in [6.07, 6.45) is 2.99. The van der Waals surface area contributed by atoms with Gasteiger partial charge < -0.3 is 15.4 Å². The number of aromatic nitrogens is 3. The molecule has 2 heterocycles. The van der Waals surface area contributed by atoms with Crippen LogP contribution in [0.3, 0.4) is 0 Å². The summed E-state index contributed by atoms with van der Waals surface area (Å²) in [6, 6.07) is 14.9. The fourth-order valence-electron chi connectivity index (χ4n) is 3.15. The van der Waals surface area contributed by atoms with E-state index in [1.54, 1.807) is 0 Å². The van der Waals surface area contributed by atoms with Crippen LogP contribution in [0.25, 0.3) is 21.8 Å². The molecule has 2 amide bonds. The van der Waals surface area contributed by atoms with Crippen LogP contribution >= 0.6 is 0 Å². The predicted molar refractivity (Wildman–Crippen MR) is 118 cm³/mol. The summed E-state index contributed by atoms with van der Waals surface area (Å²) in [6.45, 7) is 1.05. The molecule has 0 aliphatic rings. The number of amides is 2. The molecule has 0 bridgehead atoms. The third-order valence-corrected chi connectivity index (χ3v) is 4.70. The van der Waals surface area contributed by atoms with E-state index in [1.807, 2.05) is 48.5 Å². The number of benzene rings is 2. The zero-order valence-corrected chi connectivity index (χ0v) is 17.1. The number of anilines is 1. The van der Waals surface area contributed by atoms with Gasteiger partial charge in [-0.1, -0.05) is 36.4 Å². The van der Waals surface area contributed by atoms with Gasteiger partial charge in [-0.2, -0.15) is 0 Å². The number of hydrogen-bond acceptors (Lipinski definition) is 7. The van der Waals surface area contributed by atoms with Gasteiger partial charge in [-0.25, -0.2) is 9.97 Å². The number of ether oxygens (including phenoxy) is 1. The molecular weight excluding hydrogens is 410 g/mol. The van der Waals surface area contributed by atoms with Gasteiger partial charge in [0.1, 0.15) is 12.2 Å². The molecular formula is C23H19N5O4. The third-order valence-electron chi connectivity index (χ3n) is 4.70. The maximum absolute atomic E-state index is 12.8. The Balaban J connectivity index is 1.44. The van der Waals surface area contributed by atoms with Crippen LogP contribution in [0, 0.1) is 0 Å². The van der Waals surface area contributed by atoms with Crippen LogP contribution in [0.5, 0.6) is 0 Å². The Hall–Kier alpha value is -4.40. The first-order valence-electron chi connectivity index (χ1n) is 9.85. The highest BCUT2D eigenvalue weighted by Gasteiger charge is 2.21. The Morgan fingerprint density at radius 3 is 2.25 bits per heavy atom. The van der Waals surface area contributed by atoms with Crippen molar-refractivity contribution in [3.8, 4) is 0 Å². The quantitative estimate of drug-likeness (QED) is 0.356. The number of esters is 1. The molecule has 9 nitrogen and oxygen atoms in total. The molecule has 2 aromatic carbocycles. The summed E-state index contributed by atoms with van der Waals surface area (Å²) < 4.78 is 5.18. The fourth-order valence-corrected chi connectivity index (χ4v) is 3.15. The number of carbonyl (C=O) groups is 3. The van der Waals surface area contributed by atoms with E-state index >= 15 is 0 Å². The minimum absolute atomic E-state index is 0.0718. The van der Waals surface area contributed by atoms with Crippen molar-refractivity contribution in [1.29, 1.82) is 0 Å². The molecule has 4 rings (SSSR count). The molecule has 0 saturated heterocycles. The van der Waals surface area contributed by atoms with E-state index in [0.29, 0.717) is 5.69 Å². The second-order valence-corrected chi connectivity index (χ2v) is 6.92. The minimum atomic E-state index is -1.08. The monoisotopic (exact) mass is 429 g/mol. The van der Waals surface area contributed by atoms with Crippen molar-refractivity contribution in [3.63, 3.8) is 0 Å². The van der Waals surface area contributed by atoms with Crippen LogP contribution in [0.1, 0.15) is 17.4 Å². The Bertz CT molecular complexity index is 1260. The summed E-state index contributed by atoms with van der Waals surface area (Å²) in [4.78, 5) is 49.1. The van der Waals surface area contributed by atoms with Crippen molar-refractivity contribution in [1.82, 2.24) is 20.3 Å². The summed E-state index contributed by atoms with van der Waals surface area (Å²) in [5.41, 5.74) is 2.13. The lowest BCUT2D eigenvalue weighted by Gasteiger charge is -2.16. The average molecular weight is 429 g/mol. The maximum Gasteiger partial charge on any atom is 0.326 e. The highest BCUT2D eigenvalue weighted by atomic mass is 16.5. The van der Waals surface area contributed by atoms with Crippen molar-refractivity contribution >= 4 is 45.3 Å². The van der Waals surface area contributed by atoms with E-state index in [0.717, 1.165) is 21.8 Å². The number of hydrogen-bond donors (Lipinski definition) is 2. The van der Waals surface area contributed by atoms with Gasteiger partial charge in [0.2, 0.25) is 0 Å². The number of rotatable bonds is 6. The van der Waals surface area contributed by atoms with Gasteiger partial charge >= 0.3 is 5.97 Å². The molecule has 0 unspecified atom stereocenters. The molecule has 0 fully saturated rings. The van der Waals surface area contributed by atoms with Crippen LogP contribution in [0.15, 0.2) is 67.1 Å². The molecule has 0 spiro atoms. The fraction of sp³-hybridized carbons (Fsp3) is 0.130. The largest absolute Gasteiger partial charge is 0.451 e. The minimum Gasteiger partial charge on any atom is -0.451 e. The first-order chi connectivity index (χ1) is 15.5. The Morgan fingerprint density at radius 2 is 1.62 bits per heavy atom. The number of pyridine rings is 1. The van der Waals surface area contributed by atoms with Crippen molar-refractivity contribution in [3.05, 3.63) is 72.8 Å². The number of fused-ring (bicyclic) bond motifs is 2. The zero-order chi connectivity index (χ0) is 22.5. The lowest BCUT2D eigenvalue weighted by Crippen LogP contribution is -2.36. The first kappa shape index (κ1) is 20.9.